The van der Waals surface area contributed by atoms with Crippen molar-refractivity contribution in [2.75, 3.05) is 7.11 Å². The van der Waals surface area contributed by atoms with Crippen LogP contribution in [0.5, 0.6) is 5.75 Å². The number of hydrogen-bond donors (Lipinski definition) is 1. The van der Waals surface area contributed by atoms with Crippen LogP contribution in [-0.2, 0) is 12.8 Å². The molecule has 2 rings (SSSR count). The highest BCUT2D eigenvalue weighted by atomic mass is 19.1. The van der Waals surface area contributed by atoms with E-state index in [1.807, 2.05) is 6.07 Å². The molecule has 0 fully saturated rings. The average molecular weight is 287 g/mol. The Morgan fingerprint density at radius 3 is 2.19 bits per heavy atom. The number of nitrogens with two attached hydrogens (primary N) is 1. The highest BCUT2D eigenvalue weighted by molar-refractivity contribution is 5.31. The van der Waals surface area contributed by atoms with Gasteiger partial charge in [0.05, 0.1) is 7.11 Å². The first-order valence-electron chi connectivity index (χ1n) is 7.13. The molecule has 0 aromatic heterocycles. The van der Waals surface area contributed by atoms with E-state index in [2.05, 4.69) is 32.0 Å². The van der Waals surface area contributed by atoms with Crippen molar-refractivity contribution in [1.29, 1.82) is 0 Å². The van der Waals surface area contributed by atoms with E-state index in [1.165, 1.54) is 29.9 Å². The van der Waals surface area contributed by atoms with Gasteiger partial charge in [-0.15, -0.1) is 0 Å². The van der Waals surface area contributed by atoms with Crippen LogP contribution in [0.1, 0.15) is 22.3 Å². The molecule has 0 saturated carbocycles. The van der Waals surface area contributed by atoms with Gasteiger partial charge in [0.25, 0.3) is 0 Å². The molecule has 0 aliphatic carbocycles. The molecule has 2 aromatic rings. The molecule has 2 nitrogen and oxygen atoms in total. The van der Waals surface area contributed by atoms with Crippen molar-refractivity contribution in [3.63, 3.8) is 0 Å². The molecule has 0 aliphatic heterocycles. The van der Waals surface area contributed by atoms with Crippen molar-refractivity contribution in [3.05, 3.63) is 64.5 Å². The van der Waals surface area contributed by atoms with Gasteiger partial charge in [0.2, 0.25) is 0 Å². The molecule has 3 heteroatoms. The maximum absolute atomic E-state index is 13.7. The van der Waals surface area contributed by atoms with Gasteiger partial charge >= 0.3 is 0 Å². The highest BCUT2D eigenvalue weighted by Crippen LogP contribution is 2.19. The number of aryl methyl sites for hydroxylation is 2. The summed E-state index contributed by atoms with van der Waals surface area (Å²) in [6.07, 6.45) is 1.43. The summed E-state index contributed by atoms with van der Waals surface area (Å²) < 4.78 is 18.6. The molecular weight excluding hydrogens is 265 g/mol. The van der Waals surface area contributed by atoms with Crippen LogP contribution in [0.25, 0.3) is 0 Å². The third-order valence-corrected chi connectivity index (χ3v) is 3.49. The van der Waals surface area contributed by atoms with Gasteiger partial charge in [-0.2, -0.15) is 0 Å². The average Bonchev–Trinajstić information content (AvgIpc) is 2.37. The SMILES string of the molecule is COc1ccc(CC(N)Cc2cc(C)cc(C)c2)cc1F. The lowest BCUT2D eigenvalue weighted by atomic mass is 9.97. The third-order valence-electron chi connectivity index (χ3n) is 3.49. The summed E-state index contributed by atoms with van der Waals surface area (Å²) in [6.45, 7) is 4.17. The quantitative estimate of drug-likeness (QED) is 0.912. The van der Waals surface area contributed by atoms with E-state index < -0.39 is 0 Å². The number of rotatable bonds is 5. The maximum atomic E-state index is 13.7. The summed E-state index contributed by atoms with van der Waals surface area (Å²) >= 11 is 0. The molecule has 0 heterocycles. The molecule has 112 valence electrons. The van der Waals surface area contributed by atoms with Gasteiger partial charge in [-0.05, 0) is 49.9 Å². The molecule has 21 heavy (non-hydrogen) atoms. The number of benzene rings is 2. The zero-order valence-electron chi connectivity index (χ0n) is 12.8. The van der Waals surface area contributed by atoms with E-state index in [9.17, 15) is 4.39 Å². The van der Waals surface area contributed by atoms with Gasteiger partial charge < -0.3 is 10.5 Å². The van der Waals surface area contributed by atoms with Gasteiger partial charge in [-0.25, -0.2) is 4.39 Å². The van der Waals surface area contributed by atoms with E-state index in [0.29, 0.717) is 6.42 Å². The fourth-order valence-electron chi connectivity index (χ4n) is 2.70. The van der Waals surface area contributed by atoms with E-state index >= 15 is 0 Å². The van der Waals surface area contributed by atoms with E-state index in [-0.39, 0.29) is 17.6 Å². The van der Waals surface area contributed by atoms with Crippen LogP contribution in [0.4, 0.5) is 4.39 Å². The second-order valence-corrected chi connectivity index (χ2v) is 5.63. The standard InChI is InChI=1S/C18H22FNO/c1-12-6-13(2)8-15(7-12)10-16(20)9-14-4-5-18(21-3)17(19)11-14/h4-8,11,16H,9-10,20H2,1-3H3. The molecule has 0 saturated heterocycles. The Morgan fingerprint density at radius 2 is 1.62 bits per heavy atom. The number of methoxy groups -OCH3 is 1. The van der Waals surface area contributed by atoms with Gasteiger partial charge in [-0.3, -0.25) is 0 Å². The summed E-state index contributed by atoms with van der Waals surface area (Å²) in [7, 11) is 1.46. The fraction of sp³-hybridized carbons (Fsp3) is 0.333. The molecule has 0 amide bonds. The summed E-state index contributed by atoms with van der Waals surface area (Å²) in [5.41, 5.74) is 10.8. The van der Waals surface area contributed by atoms with Crippen molar-refractivity contribution in [1.82, 2.24) is 0 Å². The van der Waals surface area contributed by atoms with Crippen molar-refractivity contribution in [2.45, 2.75) is 32.7 Å². The minimum atomic E-state index is -0.339. The Morgan fingerprint density at radius 1 is 1.00 bits per heavy atom. The van der Waals surface area contributed by atoms with Crippen LogP contribution in [0.2, 0.25) is 0 Å². The first-order chi connectivity index (χ1) is 9.97. The predicted molar refractivity (Wildman–Crippen MR) is 84.3 cm³/mol. The second-order valence-electron chi connectivity index (χ2n) is 5.63. The van der Waals surface area contributed by atoms with E-state index in [4.69, 9.17) is 10.5 Å². The Balaban J connectivity index is 2.04. The largest absolute Gasteiger partial charge is 0.494 e. The summed E-state index contributed by atoms with van der Waals surface area (Å²) in [5, 5.41) is 0. The molecular formula is C18H22FNO. The van der Waals surface area contributed by atoms with Gasteiger partial charge in [0, 0.05) is 6.04 Å². The van der Waals surface area contributed by atoms with E-state index in [0.717, 1.165) is 12.0 Å². The van der Waals surface area contributed by atoms with Crippen LogP contribution in [-0.4, -0.2) is 13.2 Å². The van der Waals surface area contributed by atoms with Crippen LogP contribution in [0, 0.1) is 19.7 Å². The highest BCUT2D eigenvalue weighted by Gasteiger charge is 2.09. The predicted octanol–water partition coefficient (Wildman–Crippen LogP) is 3.56. The number of halogens is 1. The molecule has 1 atom stereocenters. The Bertz CT molecular complexity index is 604. The van der Waals surface area contributed by atoms with Crippen LogP contribution < -0.4 is 10.5 Å². The summed E-state index contributed by atoms with van der Waals surface area (Å²) in [6, 6.07) is 11.4. The van der Waals surface area contributed by atoms with Crippen molar-refractivity contribution in [2.24, 2.45) is 5.73 Å². The molecule has 2 N–H and O–H groups in total. The lowest BCUT2D eigenvalue weighted by molar-refractivity contribution is 0.386. The molecule has 2 aromatic carbocycles. The first kappa shape index (κ1) is 15.5. The Hall–Kier alpha value is -1.87. The lowest BCUT2D eigenvalue weighted by Gasteiger charge is -2.13. The first-order valence-corrected chi connectivity index (χ1v) is 7.13. The third kappa shape index (κ3) is 4.30. The zero-order chi connectivity index (χ0) is 15.4. The van der Waals surface area contributed by atoms with Crippen molar-refractivity contribution < 1.29 is 9.13 Å². The summed E-state index contributed by atoms with van der Waals surface area (Å²) in [4.78, 5) is 0. The lowest BCUT2D eigenvalue weighted by Crippen LogP contribution is -2.25. The normalized spacial score (nSPS) is 12.2. The number of hydrogen-bond acceptors (Lipinski definition) is 2. The van der Waals surface area contributed by atoms with Crippen LogP contribution in [0.15, 0.2) is 36.4 Å². The zero-order valence-corrected chi connectivity index (χ0v) is 12.8. The molecule has 0 aliphatic rings. The van der Waals surface area contributed by atoms with Gasteiger partial charge in [0.1, 0.15) is 0 Å². The molecule has 0 spiro atoms. The molecule has 1 unspecified atom stereocenters. The van der Waals surface area contributed by atoms with E-state index in [1.54, 1.807) is 6.07 Å². The van der Waals surface area contributed by atoms with Gasteiger partial charge in [0.15, 0.2) is 11.6 Å². The minimum absolute atomic E-state index is 0.0287. The van der Waals surface area contributed by atoms with Crippen LogP contribution in [0.3, 0.4) is 0 Å². The molecule has 0 bridgehead atoms. The second kappa shape index (κ2) is 6.72. The Kier molecular flexibility index (Phi) is 4.97. The topological polar surface area (TPSA) is 35.2 Å². The fourth-order valence-corrected chi connectivity index (χ4v) is 2.70. The number of ether oxygens (including phenoxy) is 1. The smallest absolute Gasteiger partial charge is 0.165 e. The monoisotopic (exact) mass is 287 g/mol. The summed E-state index contributed by atoms with van der Waals surface area (Å²) in [5.74, 6) is -0.0739. The molecule has 0 radical (unpaired) electrons. The van der Waals surface area contributed by atoms with Crippen molar-refractivity contribution in [3.8, 4) is 5.75 Å². The maximum Gasteiger partial charge on any atom is 0.165 e. The minimum Gasteiger partial charge on any atom is -0.494 e. The van der Waals surface area contributed by atoms with Crippen LogP contribution >= 0.6 is 0 Å². The van der Waals surface area contributed by atoms with Crippen molar-refractivity contribution >= 4 is 0 Å². The van der Waals surface area contributed by atoms with Gasteiger partial charge in [-0.1, -0.05) is 35.4 Å². The Labute approximate surface area is 125 Å².